The predicted octanol–water partition coefficient (Wildman–Crippen LogP) is 1.47. The average Bonchev–Trinajstić information content (AvgIpc) is 2.82. The first-order valence-corrected chi connectivity index (χ1v) is 6.47. The van der Waals surface area contributed by atoms with Crippen molar-refractivity contribution in [3.63, 3.8) is 0 Å². The minimum atomic E-state index is 0.261. The van der Waals surface area contributed by atoms with E-state index in [9.17, 15) is 0 Å². The number of hydrogen-bond donors (Lipinski definition) is 1. The van der Waals surface area contributed by atoms with Crippen molar-refractivity contribution < 1.29 is 9.63 Å². The second kappa shape index (κ2) is 5.11. The Morgan fingerprint density at radius 3 is 2.74 bits per heavy atom. The Hall–Kier alpha value is -1.72. The van der Waals surface area contributed by atoms with Gasteiger partial charge in [-0.05, 0) is 19.1 Å². The van der Waals surface area contributed by atoms with E-state index < -0.39 is 0 Å². The van der Waals surface area contributed by atoms with Gasteiger partial charge in [0.2, 0.25) is 0 Å². The minimum absolute atomic E-state index is 0.261. The Morgan fingerprint density at radius 2 is 2.05 bits per heavy atom. The zero-order chi connectivity index (χ0) is 13.2. The number of hydrogen-bond acceptors (Lipinski definition) is 5. The van der Waals surface area contributed by atoms with Gasteiger partial charge >= 0.3 is 0 Å². The fourth-order valence-electron chi connectivity index (χ4n) is 2.25. The maximum absolute atomic E-state index is 8.97. The van der Waals surface area contributed by atoms with Crippen molar-refractivity contribution >= 4 is 0 Å². The Labute approximate surface area is 111 Å². The summed E-state index contributed by atoms with van der Waals surface area (Å²) in [5.41, 5.74) is 2.15. The molecule has 5 nitrogen and oxygen atoms in total. The van der Waals surface area contributed by atoms with Crippen LogP contribution in [0.3, 0.4) is 0 Å². The molecule has 0 aliphatic carbocycles. The third-order valence-corrected chi connectivity index (χ3v) is 3.42. The van der Waals surface area contributed by atoms with Gasteiger partial charge in [0.25, 0.3) is 5.89 Å². The van der Waals surface area contributed by atoms with Crippen LogP contribution in [0.4, 0.5) is 0 Å². The van der Waals surface area contributed by atoms with Crippen molar-refractivity contribution in [1.29, 1.82) is 0 Å². The van der Waals surface area contributed by atoms with Gasteiger partial charge in [0, 0.05) is 31.2 Å². The van der Waals surface area contributed by atoms with Gasteiger partial charge in [-0.1, -0.05) is 22.9 Å². The van der Waals surface area contributed by atoms with Gasteiger partial charge in [-0.25, -0.2) is 0 Å². The Balaban J connectivity index is 1.65. The summed E-state index contributed by atoms with van der Waals surface area (Å²) in [4.78, 5) is 6.60. The van der Waals surface area contributed by atoms with Crippen molar-refractivity contribution in [3.05, 3.63) is 35.7 Å². The Bertz CT molecular complexity index is 544. The molecule has 0 amide bonds. The van der Waals surface area contributed by atoms with Crippen LogP contribution in [0.2, 0.25) is 0 Å². The van der Waals surface area contributed by atoms with Gasteiger partial charge in [0.15, 0.2) is 5.82 Å². The maximum atomic E-state index is 8.97. The molecule has 2 heterocycles. The first-order valence-electron chi connectivity index (χ1n) is 6.47. The normalized spacial score (nSPS) is 16.5. The molecule has 0 unspecified atom stereocenters. The molecule has 0 saturated carbocycles. The lowest BCUT2D eigenvalue weighted by Gasteiger charge is -2.37. The molecule has 0 spiro atoms. The topological polar surface area (TPSA) is 62.4 Å². The van der Waals surface area contributed by atoms with E-state index in [-0.39, 0.29) is 6.61 Å². The molecule has 2 aromatic rings. The molecule has 1 aliphatic rings. The number of likely N-dealkylation sites (tertiary alicyclic amines) is 1. The zero-order valence-electron chi connectivity index (χ0n) is 10.9. The van der Waals surface area contributed by atoms with Crippen LogP contribution in [0.5, 0.6) is 0 Å². The molecular weight excluding hydrogens is 242 g/mol. The van der Waals surface area contributed by atoms with Crippen LogP contribution < -0.4 is 0 Å². The van der Waals surface area contributed by atoms with Crippen LogP contribution in [0, 0.1) is 12.8 Å². The number of aromatic nitrogens is 2. The summed E-state index contributed by atoms with van der Waals surface area (Å²) in [5, 5.41) is 13.0. The Kier molecular flexibility index (Phi) is 3.31. The second-order valence-corrected chi connectivity index (χ2v) is 5.12. The van der Waals surface area contributed by atoms with Gasteiger partial charge in [0.05, 0.1) is 6.54 Å². The highest BCUT2D eigenvalue weighted by molar-refractivity contribution is 5.53. The number of aliphatic hydroxyl groups excluding tert-OH is 1. The summed E-state index contributed by atoms with van der Waals surface area (Å²) >= 11 is 0. The highest BCUT2D eigenvalue weighted by atomic mass is 16.5. The molecule has 100 valence electrons. The fourth-order valence-corrected chi connectivity index (χ4v) is 2.25. The molecule has 1 aliphatic heterocycles. The van der Waals surface area contributed by atoms with Crippen molar-refractivity contribution in [2.75, 3.05) is 19.7 Å². The smallest absolute Gasteiger partial charge is 0.257 e. The summed E-state index contributed by atoms with van der Waals surface area (Å²) in [6.45, 7) is 4.81. The highest BCUT2D eigenvalue weighted by Crippen LogP contribution is 2.20. The van der Waals surface area contributed by atoms with Gasteiger partial charge in [-0.15, -0.1) is 0 Å². The lowest BCUT2D eigenvalue weighted by Crippen LogP contribution is -2.47. The van der Waals surface area contributed by atoms with E-state index in [1.165, 1.54) is 5.56 Å². The summed E-state index contributed by atoms with van der Waals surface area (Å²) in [5.74, 6) is 1.67. The summed E-state index contributed by atoms with van der Waals surface area (Å²) in [7, 11) is 0. The van der Waals surface area contributed by atoms with Crippen LogP contribution in [-0.4, -0.2) is 39.8 Å². The summed E-state index contributed by atoms with van der Waals surface area (Å²) < 4.78 is 5.28. The highest BCUT2D eigenvalue weighted by Gasteiger charge is 2.27. The number of rotatable bonds is 4. The molecule has 0 atom stereocenters. The van der Waals surface area contributed by atoms with Crippen LogP contribution in [0.25, 0.3) is 11.5 Å². The van der Waals surface area contributed by atoms with Crippen molar-refractivity contribution in [2.45, 2.75) is 13.5 Å². The molecule has 5 heteroatoms. The molecule has 1 saturated heterocycles. The molecular formula is C14H17N3O2. The average molecular weight is 259 g/mol. The molecule has 19 heavy (non-hydrogen) atoms. The summed E-state index contributed by atoms with van der Waals surface area (Å²) in [6, 6.07) is 8.02. The largest absolute Gasteiger partial charge is 0.396 e. The quantitative estimate of drug-likeness (QED) is 0.901. The third-order valence-electron chi connectivity index (χ3n) is 3.42. The van der Waals surface area contributed by atoms with Crippen LogP contribution >= 0.6 is 0 Å². The van der Waals surface area contributed by atoms with E-state index in [1.807, 2.05) is 31.2 Å². The lowest BCUT2D eigenvalue weighted by molar-refractivity contribution is 0.0454. The first-order chi connectivity index (χ1) is 9.24. The second-order valence-electron chi connectivity index (χ2n) is 5.12. The molecule has 1 fully saturated rings. The first kappa shape index (κ1) is 12.3. The number of benzene rings is 1. The fraction of sp³-hybridized carbons (Fsp3) is 0.429. The SMILES string of the molecule is Cc1ccc(-c2nc(CN3CC(CO)C3)no2)cc1. The van der Waals surface area contributed by atoms with Crippen LogP contribution in [0.15, 0.2) is 28.8 Å². The van der Waals surface area contributed by atoms with Crippen LogP contribution in [0.1, 0.15) is 11.4 Å². The van der Waals surface area contributed by atoms with Gasteiger partial charge in [-0.2, -0.15) is 4.98 Å². The van der Waals surface area contributed by atoms with Crippen molar-refractivity contribution in [1.82, 2.24) is 15.0 Å². The molecule has 3 rings (SSSR count). The summed E-state index contributed by atoms with van der Waals surface area (Å²) in [6.07, 6.45) is 0. The lowest BCUT2D eigenvalue weighted by atomic mass is 10.0. The molecule has 1 N–H and O–H groups in total. The number of aryl methyl sites for hydroxylation is 1. The van der Waals surface area contributed by atoms with E-state index in [1.54, 1.807) is 0 Å². The van der Waals surface area contributed by atoms with E-state index in [4.69, 9.17) is 9.63 Å². The van der Waals surface area contributed by atoms with Gasteiger partial charge < -0.3 is 9.63 Å². The van der Waals surface area contributed by atoms with Crippen molar-refractivity contribution in [3.8, 4) is 11.5 Å². The van der Waals surface area contributed by atoms with E-state index in [0.29, 0.717) is 24.2 Å². The molecule has 1 aromatic carbocycles. The van der Waals surface area contributed by atoms with E-state index in [0.717, 1.165) is 18.7 Å². The molecule has 1 aromatic heterocycles. The standard InChI is InChI=1S/C14H17N3O2/c1-10-2-4-12(5-3-10)14-15-13(16-19-14)8-17-6-11(7-17)9-18/h2-5,11,18H,6-9H2,1H3. The monoisotopic (exact) mass is 259 g/mol. The van der Waals surface area contributed by atoms with Crippen molar-refractivity contribution in [2.24, 2.45) is 5.92 Å². The number of aliphatic hydroxyl groups is 1. The minimum Gasteiger partial charge on any atom is -0.396 e. The van der Waals surface area contributed by atoms with E-state index >= 15 is 0 Å². The predicted molar refractivity (Wildman–Crippen MR) is 70.3 cm³/mol. The van der Waals surface area contributed by atoms with E-state index in [2.05, 4.69) is 15.0 Å². The molecule has 0 bridgehead atoms. The number of nitrogens with zero attached hydrogens (tertiary/aromatic N) is 3. The maximum Gasteiger partial charge on any atom is 0.257 e. The van der Waals surface area contributed by atoms with Gasteiger partial charge in [-0.3, -0.25) is 4.90 Å². The Morgan fingerprint density at radius 1 is 1.32 bits per heavy atom. The van der Waals surface area contributed by atoms with Crippen LogP contribution in [-0.2, 0) is 6.54 Å². The van der Waals surface area contributed by atoms with Gasteiger partial charge in [0.1, 0.15) is 0 Å². The third kappa shape index (κ3) is 2.67. The molecule has 0 radical (unpaired) electrons. The zero-order valence-corrected chi connectivity index (χ0v) is 10.9.